The number of aryl methyl sites for hydroxylation is 1. The minimum Gasteiger partial charge on any atom is -0.362 e. The van der Waals surface area contributed by atoms with E-state index < -0.39 is 23.2 Å². The molecule has 1 aliphatic heterocycles. The van der Waals surface area contributed by atoms with Crippen LogP contribution in [0.2, 0.25) is 0 Å². The number of aliphatic hydroxyl groups is 1. The fourth-order valence-corrected chi connectivity index (χ4v) is 3.97. The molecule has 0 saturated heterocycles. The van der Waals surface area contributed by atoms with Gasteiger partial charge in [-0.05, 0) is 24.6 Å². The van der Waals surface area contributed by atoms with Crippen LogP contribution in [-0.2, 0) is 0 Å². The van der Waals surface area contributed by atoms with Crippen molar-refractivity contribution in [2.45, 2.75) is 25.2 Å². The zero-order valence-electron chi connectivity index (χ0n) is 16.0. The third kappa shape index (κ3) is 3.77. The van der Waals surface area contributed by atoms with E-state index in [-0.39, 0.29) is 16.5 Å². The Hall–Kier alpha value is -3.31. The summed E-state index contributed by atoms with van der Waals surface area (Å²) >= 11 is 0.884. The van der Waals surface area contributed by atoms with E-state index in [0.717, 1.165) is 16.9 Å². The van der Waals surface area contributed by atoms with Crippen LogP contribution < -0.4 is 5.01 Å². The molecule has 7 nitrogen and oxygen atoms in total. The van der Waals surface area contributed by atoms with Gasteiger partial charge in [0.2, 0.25) is 5.13 Å². The molecule has 0 amide bonds. The quantitative estimate of drug-likeness (QED) is 0.453. The van der Waals surface area contributed by atoms with Crippen molar-refractivity contribution in [1.29, 1.82) is 0 Å². The highest BCUT2D eigenvalue weighted by Crippen LogP contribution is 2.45. The number of nitro benzene ring substituents is 1. The van der Waals surface area contributed by atoms with E-state index in [2.05, 4.69) is 10.1 Å². The third-order valence-electron chi connectivity index (χ3n) is 4.87. The van der Waals surface area contributed by atoms with Crippen molar-refractivity contribution in [3.8, 4) is 11.3 Å². The molecule has 4 rings (SSSR count). The van der Waals surface area contributed by atoms with E-state index in [1.807, 2.05) is 6.92 Å². The Labute approximate surface area is 178 Å². The SMILES string of the molecule is Cc1ccc(C2=NN(c3nc(-c4ccc([N+](=O)[O-])cc4)cs3)[C@](O)(C(F)(F)F)C2)cc1. The van der Waals surface area contributed by atoms with Crippen molar-refractivity contribution in [1.82, 2.24) is 4.98 Å². The molecule has 11 heteroatoms. The van der Waals surface area contributed by atoms with Crippen molar-refractivity contribution in [3.05, 3.63) is 75.2 Å². The minimum absolute atomic E-state index is 0.0897. The first-order chi connectivity index (χ1) is 14.6. The van der Waals surface area contributed by atoms with E-state index in [4.69, 9.17) is 0 Å². The van der Waals surface area contributed by atoms with Gasteiger partial charge in [0.25, 0.3) is 11.4 Å². The zero-order valence-corrected chi connectivity index (χ0v) is 16.8. The Morgan fingerprint density at radius 3 is 2.32 bits per heavy atom. The summed E-state index contributed by atoms with van der Waals surface area (Å²) in [6.07, 6.45) is -5.73. The van der Waals surface area contributed by atoms with E-state index in [1.54, 1.807) is 24.3 Å². The van der Waals surface area contributed by atoms with Crippen molar-refractivity contribution >= 4 is 27.9 Å². The summed E-state index contributed by atoms with van der Waals surface area (Å²) < 4.78 is 41.5. The third-order valence-corrected chi connectivity index (χ3v) is 5.69. The smallest absolute Gasteiger partial charge is 0.362 e. The number of hydrazone groups is 1. The van der Waals surface area contributed by atoms with Crippen LogP contribution in [0.15, 0.2) is 59.0 Å². The van der Waals surface area contributed by atoms with Crippen LogP contribution in [0.5, 0.6) is 0 Å². The lowest BCUT2D eigenvalue weighted by molar-refractivity contribution is -0.384. The molecule has 160 valence electrons. The summed E-state index contributed by atoms with van der Waals surface area (Å²) in [4.78, 5) is 14.4. The summed E-state index contributed by atoms with van der Waals surface area (Å²) in [5.74, 6) is 0. The molecule has 1 aromatic heterocycles. The van der Waals surface area contributed by atoms with Gasteiger partial charge in [-0.15, -0.1) is 11.3 Å². The molecule has 31 heavy (non-hydrogen) atoms. The maximum atomic E-state index is 13.8. The Morgan fingerprint density at radius 2 is 1.74 bits per heavy atom. The topological polar surface area (TPSA) is 91.9 Å². The number of nitro groups is 1. The first kappa shape index (κ1) is 20.9. The normalized spacial score (nSPS) is 18.9. The number of thiazole rings is 1. The molecule has 3 aromatic rings. The molecule has 1 aliphatic rings. The van der Waals surface area contributed by atoms with Gasteiger partial charge in [-0.3, -0.25) is 10.1 Å². The molecule has 2 aromatic carbocycles. The minimum atomic E-state index is -4.98. The number of anilines is 1. The second kappa shape index (κ2) is 7.43. The van der Waals surface area contributed by atoms with Gasteiger partial charge in [-0.2, -0.15) is 23.3 Å². The van der Waals surface area contributed by atoms with Gasteiger partial charge < -0.3 is 5.11 Å². The number of hydrogen-bond donors (Lipinski definition) is 1. The van der Waals surface area contributed by atoms with Crippen molar-refractivity contribution in [3.63, 3.8) is 0 Å². The molecule has 0 saturated carbocycles. The molecule has 0 unspecified atom stereocenters. The average molecular weight is 448 g/mol. The molecule has 0 radical (unpaired) electrons. The van der Waals surface area contributed by atoms with Gasteiger partial charge in [-0.1, -0.05) is 29.8 Å². The summed E-state index contributed by atoms with van der Waals surface area (Å²) in [5.41, 5.74) is -1.04. The van der Waals surface area contributed by atoms with E-state index >= 15 is 0 Å². The number of non-ortho nitro benzene ring substituents is 1. The molecule has 0 spiro atoms. The number of hydrogen-bond acceptors (Lipinski definition) is 7. The maximum absolute atomic E-state index is 13.8. The number of alkyl halides is 3. The monoisotopic (exact) mass is 448 g/mol. The maximum Gasteiger partial charge on any atom is 0.438 e. The fraction of sp³-hybridized carbons (Fsp3) is 0.200. The lowest BCUT2D eigenvalue weighted by Crippen LogP contribution is -2.55. The Kier molecular flexibility index (Phi) is 5.02. The van der Waals surface area contributed by atoms with E-state index in [0.29, 0.717) is 21.8 Å². The number of benzene rings is 2. The highest BCUT2D eigenvalue weighted by Gasteiger charge is 2.62. The van der Waals surface area contributed by atoms with Crippen LogP contribution in [0.1, 0.15) is 17.5 Å². The second-order valence-electron chi connectivity index (χ2n) is 7.03. The molecule has 1 N–H and O–H groups in total. The fourth-order valence-electron chi connectivity index (χ4n) is 3.12. The second-order valence-corrected chi connectivity index (χ2v) is 7.87. The Morgan fingerprint density at radius 1 is 1.13 bits per heavy atom. The number of aromatic nitrogens is 1. The van der Waals surface area contributed by atoms with E-state index in [9.17, 15) is 28.4 Å². The molecule has 0 fully saturated rings. The van der Waals surface area contributed by atoms with Gasteiger partial charge in [0, 0.05) is 23.1 Å². The van der Waals surface area contributed by atoms with Crippen molar-refractivity contribution < 1.29 is 23.2 Å². The predicted octanol–water partition coefficient (Wildman–Crippen LogP) is 4.89. The lowest BCUT2D eigenvalue weighted by atomic mass is 10.0. The van der Waals surface area contributed by atoms with Crippen LogP contribution in [0.3, 0.4) is 0 Å². The first-order valence-electron chi connectivity index (χ1n) is 9.03. The molecular formula is C20H15F3N4O3S. The van der Waals surface area contributed by atoms with Crippen LogP contribution in [0.4, 0.5) is 24.0 Å². The van der Waals surface area contributed by atoms with Gasteiger partial charge in [-0.25, -0.2) is 4.98 Å². The molecule has 1 atom stereocenters. The summed E-state index contributed by atoms with van der Waals surface area (Å²) in [6, 6.07) is 12.3. The van der Waals surface area contributed by atoms with Crippen LogP contribution >= 0.6 is 11.3 Å². The highest BCUT2D eigenvalue weighted by atomic mass is 32.1. The summed E-state index contributed by atoms with van der Waals surface area (Å²) in [6.45, 7) is 1.86. The Bertz CT molecular complexity index is 1160. The Balaban J connectivity index is 1.71. The molecule has 2 heterocycles. The highest BCUT2D eigenvalue weighted by molar-refractivity contribution is 7.14. The van der Waals surface area contributed by atoms with E-state index in [1.165, 1.54) is 29.6 Å². The summed E-state index contributed by atoms with van der Waals surface area (Å²) in [5, 5.41) is 27.3. The van der Waals surface area contributed by atoms with Crippen molar-refractivity contribution in [2.75, 3.05) is 5.01 Å². The van der Waals surface area contributed by atoms with Crippen molar-refractivity contribution in [2.24, 2.45) is 5.10 Å². The molecule has 0 aliphatic carbocycles. The lowest BCUT2D eigenvalue weighted by Gasteiger charge is -2.32. The molecule has 0 bridgehead atoms. The first-order valence-corrected chi connectivity index (χ1v) is 9.91. The van der Waals surface area contributed by atoms with Gasteiger partial charge in [0.15, 0.2) is 0 Å². The molecular weight excluding hydrogens is 433 g/mol. The van der Waals surface area contributed by atoms with Crippen LogP contribution in [0.25, 0.3) is 11.3 Å². The van der Waals surface area contributed by atoms with Crippen LogP contribution in [-0.4, -0.2) is 32.6 Å². The number of nitrogens with zero attached hydrogens (tertiary/aromatic N) is 4. The summed E-state index contributed by atoms with van der Waals surface area (Å²) in [7, 11) is 0. The van der Waals surface area contributed by atoms with Crippen LogP contribution in [0, 0.1) is 17.0 Å². The number of rotatable bonds is 4. The standard InChI is InChI=1S/C20H15F3N4O3S/c1-12-2-4-13(5-3-12)16-10-19(28,20(21,22)23)26(25-16)18-24-17(11-31-18)14-6-8-15(9-7-14)27(29)30/h2-9,11,28H,10H2,1H3/t19-/m1/s1. The predicted molar refractivity (Wildman–Crippen MR) is 110 cm³/mol. The zero-order chi connectivity index (χ0) is 22.4. The van der Waals surface area contributed by atoms with Gasteiger partial charge >= 0.3 is 6.18 Å². The largest absolute Gasteiger partial charge is 0.438 e. The average Bonchev–Trinajstić information content (AvgIpc) is 3.33. The van der Waals surface area contributed by atoms with Gasteiger partial charge in [0.05, 0.1) is 22.7 Å². The van der Waals surface area contributed by atoms with Gasteiger partial charge in [0.1, 0.15) is 0 Å². The number of halogens is 3.